The van der Waals surface area contributed by atoms with Gasteiger partial charge in [0, 0.05) is 51.0 Å². The lowest BCUT2D eigenvalue weighted by molar-refractivity contribution is -0.117. The number of primary amides is 1. The quantitative estimate of drug-likeness (QED) is 0.421. The molecule has 8 heteroatoms. The van der Waals surface area contributed by atoms with Gasteiger partial charge in [-0.2, -0.15) is 0 Å². The summed E-state index contributed by atoms with van der Waals surface area (Å²) in [6, 6.07) is 6.70. The van der Waals surface area contributed by atoms with Crippen LogP contribution in [0.25, 0.3) is 0 Å². The van der Waals surface area contributed by atoms with Crippen molar-refractivity contribution < 1.29 is 14.4 Å². The van der Waals surface area contributed by atoms with Gasteiger partial charge in [0.2, 0.25) is 11.6 Å². The highest BCUT2D eigenvalue weighted by Gasteiger charge is 2.43. The van der Waals surface area contributed by atoms with E-state index >= 15 is 0 Å². The molecule has 0 saturated carbocycles. The van der Waals surface area contributed by atoms with Gasteiger partial charge in [-0.25, -0.2) is 0 Å². The van der Waals surface area contributed by atoms with Crippen molar-refractivity contribution in [1.82, 2.24) is 14.7 Å². The molecule has 1 aromatic carbocycles. The third-order valence-corrected chi connectivity index (χ3v) is 4.71. The van der Waals surface area contributed by atoms with E-state index in [0.29, 0.717) is 28.3 Å². The molecule has 0 bridgehead atoms. The maximum Gasteiger partial charge on any atom is 0.250 e. The highest BCUT2D eigenvalue weighted by Crippen LogP contribution is 2.33. The first-order valence-corrected chi connectivity index (χ1v) is 8.91. The number of rotatable bonds is 4. The predicted molar refractivity (Wildman–Crippen MR) is 99.2 cm³/mol. The van der Waals surface area contributed by atoms with Crippen molar-refractivity contribution in [2.45, 2.75) is 0 Å². The summed E-state index contributed by atoms with van der Waals surface area (Å²) < 4.78 is 0. The molecule has 0 spiro atoms. The molecule has 4 aliphatic rings. The fourth-order valence-electron chi connectivity index (χ4n) is 3.00. The molecule has 140 valence electrons. The first kappa shape index (κ1) is 17.1. The lowest BCUT2D eigenvalue weighted by atomic mass is 10.0. The van der Waals surface area contributed by atoms with Gasteiger partial charge in [-0.15, -0.1) is 0 Å². The van der Waals surface area contributed by atoms with Crippen LogP contribution in [0.4, 0.5) is 5.69 Å². The fourth-order valence-corrected chi connectivity index (χ4v) is 3.00. The SMILES string of the molecule is NC(=O)c1ccccc1N.O=C1C=C(N2CC2)C(=O)C(N2CC2)=C1N1CC1. The van der Waals surface area contributed by atoms with Gasteiger partial charge in [-0.1, -0.05) is 12.1 Å². The van der Waals surface area contributed by atoms with Crippen molar-refractivity contribution in [2.75, 3.05) is 45.0 Å². The third-order valence-electron chi connectivity index (χ3n) is 4.71. The highest BCUT2D eigenvalue weighted by atomic mass is 16.1. The minimum Gasteiger partial charge on any atom is -0.398 e. The minimum absolute atomic E-state index is 0.00546. The normalized spacial score (nSPS) is 20.1. The molecule has 3 aliphatic heterocycles. The van der Waals surface area contributed by atoms with Crippen LogP contribution in [-0.2, 0) is 9.59 Å². The monoisotopic (exact) mass is 367 g/mol. The number of allylic oxidation sites excluding steroid dienone is 1. The number of Topliss-reactive ketones (excluding diaryl/α,β-unsaturated/α-hetero) is 1. The van der Waals surface area contributed by atoms with Gasteiger partial charge < -0.3 is 26.2 Å². The number of ketones is 2. The summed E-state index contributed by atoms with van der Waals surface area (Å²) >= 11 is 0. The molecule has 3 heterocycles. The molecule has 3 fully saturated rings. The zero-order chi connectivity index (χ0) is 19.1. The second-order valence-electron chi connectivity index (χ2n) is 6.83. The zero-order valence-corrected chi connectivity index (χ0v) is 14.9. The van der Waals surface area contributed by atoms with E-state index in [0.717, 1.165) is 39.3 Å². The summed E-state index contributed by atoms with van der Waals surface area (Å²) in [6.45, 7) is 5.41. The summed E-state index contributed by atoms with van der Waals surface area (Å²) in [6.07, 6.45) is 1.52. The summed E-state index contributed by atoms with van der Waals surface area (Å²) in [5.74, 6) is -0.439. The van der Waals surface area contributed by atoms with Crippen molar-refractivity contribution in [3.63, 3.8) is 0 Å². The molecule has 3 saturated heterocycles. The van der Waals surface area contributed by atoms with E-state index in [9.17, 15) is 14.4 Å². The van der Waals surface area contributed by atoms with Gasteiger partial charge in [0.05, 0.1) is 11.3 Å². The van der Waals surface area contributed by atoms with Crippen LogP contribution in [0.2, 0.25) is 0 Å². The van der Waals surface area contributed by atoms with Crippen LogP contribution in [0.1, 0.15) is 10.4 Å². The average Bonchev–Trinajstić information content (AvgIpc) is 3.47. The van der Waals surface area contributed by atoms with Gasteiger partial charge in [0.25, 0.3) is 5.91 Å². The number of hydrogen-bond donors (Lipinski definition) is 2. The molecule has 4 N–H and O–H groups in total. The molecule has 0 unspecified atom stereocenters. The Hall–Kier alpha value is -3.29. The van der Waals surface area contributed by atoms with E-state index in [-0.39, 0.29) is 11.6 Å². The minimum atomic E-state index is -0.488. The lowest BCUT2D eigenvalue weighted by Crippen LogP contribution is -2.29. The van der Waals surface area contributed by atoms with E-state index in [4.69, 9.17) is 11.5 Å². The molecule has 8 nitrogen and oxygen atoms in total. The van der Waals surface area contributed by atoms with Gasteiger partial charge in [-0.05, 0) is 12.1 Å². The highest BCUT2D eigenvalue weighted by molar-refractivity contribution is 6.22. The summed E-state index contributed by atoms with van der Waals surface area (Å²) in [4.78, 5) is 41.0. The van der Waals surface area contributed by atoms with E-state index < -0.39 is 5.91 Å². The number of benzene rings is 1. The van der Waals surface area contributed by atoms with Crippen molar-refractivity contribution in [3.8, 4) is 0 Å². The van der Waals surface area contributed by atoms with Crippen LogP contribution >= 0.6 is 0 Å². The van der Waals surface area contributed by atoms with Crippen molar-refractivity contribution in [3.05, 3.63) is 53.0 Å². The van der Waals surface area contributed by atoms with Crippen molar-refractivity contribution in [2.24, 2.45) is 5.73 Å². The summed E-state index contributed by atoms with van der Waals surface area (Å²) in [5.41, 5.74) is 13.1. The topological polar surface area (TPSA) is 112 Å². The number of carbonyl (C=O) groups excluding carboxylic acids is 3. The molecular weight excluding hydrogens is 346 g/mol. The van der Waals surface area contributed by atoms with E-state index in [1.807, 2.05) is 14.7 Å². The maximum absolute atomic E-state index is 12.4. The van der Waals surface area contributed by atoms with E-state index in [1.54, 1.807) is 24.3 Å². The zero-order valence-electron chi connectivity index (χ0n) is 14.9. The number of amides is 1. The van der Waals surface area contributed by atoms with Crippen molar-refractivity contribution in [1.29, 1.82) is 0 Å². The van der Waals surface area contributed by atoms with E-state index in [1.165, 1.54) is 6.08 Å². The standard InChI is InChI=1S/C12H13N3O2.C7H8N2O/c16-9-7-8(13-1-2-13)12(17)11(15-5-6-15)10(9)14-3-4-14;8-6-4-2-1-3-5(6)7(9)10/h7H,1-6H2;1-4H,8H2,(H2,9,10). The molecule has 1 aliphatic carbocycles. The first-order valence-electron chi connectivity index (χ1n) is 8.91. The van der Waals surface area contributed by atoms with Crippen LogP contribution in [0, 0.1) is 0 Å². The van der Waals surface area contributed by atoms with Gasteiger partial charge in [0.15, 0.2) is 0 Å². The Kier molecular flexibility index (Phi) is 4.10. The van der Waals surface area contributed by atoms with Crippen LogP contribution in [-0.4, -0.2) is 71.4 Å². The second-order valence-corrected chi connectivity index (χ2v) is 6.83. The average molecular weight is 367 g/mol. The Morgan fingerprint density at radius 1 is 0.852 bits per heavy atom. The smallest absolute Gasteiger partial charge is 0.250 e. The molecule has 0 radical (unpaired) electrons. The van der Waals surface area contributed by atoms with E-state index in [2.05, 4.69) is 0 Å². The molecule has 1 aromatic rings. The Balaban J connectivity index is 0.000000155. The lowest BCUT2D eigenvalue weighted by Gasteiger charge is -2.21. The van der Waals surface area contributed by atoms with Crippen LogP contribution < -0.4 is 11.5 Å². The molecule has 5 rings (SSSR count). The largest absolute Gasteiger partial charge is 0.398 e. The predicted octanol–water partition coefficient (Wildman–Crippen LogP) is -0.452. The summed E-state index contributed by atoms with van der Waals surface area (Å²) in [7, 11) is 0. The number of carbonyl (C=O) groups is 3. The van der Waals surface area contributed by atoms with Crippen LogP contribution in [0.3, 0.4) is 0 Å². The molecule has 1 amide bonds. The first-order chi connectivity index (χ1) is 13.0. The summed E-state index contributed by atoms with van der Waals surface area (Å²) in [5, 5.41) is 0. The van der Waals surface area contributed by atoms with Crippen LogP contribution in [0.5, 0.6) is 0 Å². The Bertz CT molecular complexity index is 892. The molecule has 0 atom stereocenters. The van der Waals surface area contributed by atoms with Gasteiger partial charge >= 0.3 is 0 Å². The number of para-hydroxylation sites is 1. The maximum atomic E-state index is 12.4. The fraction of sp³-hybridized carbons (Fsp3) is 0.316. The Morgan fingerprint density at radius 3 is 1.89 bits per heavy atom. The molecule has 0 aromatic heterocycles. The van der Waals surface area contributed by atoms with Gasteiger partial charge in [0.1, 0.15) is 11.4 Å². The second kappa shape index (κ2) is 6.46. The number of anilines is 1. The van der Waals surface area contributed by atoms with Crippen molar-refractivity contribution >= 4 is 23.2 Å². The Labute approximate surface area is 156 Å². The number of nitrogen functional groups attached to an aromatic ring is 1. The molecule has 27 heavy (non-hydrogen) atoms. The molecular formula is C19H21N5O3. The number of nitrogens with two attached hydrogens (primary N) is 2. The van der Waals surface area contributed by atoms with Gasteiger partial charge in [-0.3, -0.25) is 14.4 Å². The van der Waals surface area contributed by atoms with Crippen LogP contribution in [0.15, 0.2) is 47.4 Å². The Morgan fingerprint density at radius 2 is 1.41 bits per heavy atom. The number of nitrogens with zero attached hydrogens (tertiary/aromatic N) is 3. The third kappa shape index (κ3) is 3.51. The number of hydrogen-bond acceptors (Lipinski definition) is 7.